The second-order valence-electron chi connectivity index (χ2n) is 5.25. The van der Waals surface area contributed by atoms with Gasteiger partial charge in [0, 0.05) is 6.42 Å². The number of aryl methyl sites for hydroxylation is 1. The molecular weight excluding hydrogens is 377 g/mol. The summed E-state index contributed by atoms with van der Waals surface area (Å²) in [5.74, 6) is -0.863. The Morgan fingerprint density at radius 3 is 2.00 bits per heavy atom. The van der Waals surface area contributed by atoms with Crippen LogP contribution in [-0.2, 0) is 24.8 Å². The molecule has 0 bridgehead atoms. The quantitative estimate of drug-likeness (QED) is 0.484. The van der Waals surface area contributed by atoms with E-state index in [0.717, 1.165) is 5.56 Å². The van der Waals surface area contributed by atoms with Crippen LogP contribution in [0.3, 0.4) is 0 Å². The topological polar surface area (TPSA) is 52.6 Å². The molecule has 0 unspecified atom stereocenters. The van der Waals surface area contributed by atoms with Gasteiger partial charge in [0.1, 0.15) is 11.9 Å². The summed E-state index contributed by atoms with van der Waals surface area (Å²) in [5.41, 5.74) is 1.28. The predicted molar refractivity (Wildman–Crippen MR) is 76.4 cm³/mol. The number of benzene rings is 1. The Kier molecular flexibility index (Phi) is 7.22. The Morgan fingerprint density at radius 2 is 1.56 bits per heavy atom. The van der Waals surface area contributed by atoms with Crippen LogP contribution in [-0.4, -0.2) is 37.5 Å². The number of carbonyl (C=O) groups is 1. The highest BCUT2D eigenvalue weighted by atomic mass is 31.2. The van der Waals surface area contributed by atoms with Gasteiger partial charge in [0.25, 0.3) is 0 Å². The molecule has 0 atom stereocenters. The first-order valence-electron chi connectivity index (χ1n) is 6.87. The summed E-state index contributed by atoms with van der Waals surface area (Å²) in [6.45, 7) is -2.43. The van der Waals surface area contributed by atoms with Crippen LogP contribution in [0.2, 0.25) is 0 Å². The highest BCUT2D eigenvalue weighted by molar-refractivity contribution is 7.54. The maximum Gasteiger partial charge on any atom is 0.412 e. The van der Waals surface area contributed by atoms with E-state index in [9.17, 15) is 35.7 Å². The molecule has 1 aromatic carbocycles. The van der Waals surface area contributed by atoms with Gasteiger partial charge in [-0.3, -0.25) is 18.4 Å². The molecule has 25 heavy (non-hydrogen) atoms. The minimum Gasteiger partial charge on any atom is -0.299 e. The van der Waals surface area contributed by atoms with Gasteiger partial charge in [-0.1, -0.05) is 29.8 Å². The molecule has 0 amide bonds. The lowest BCUT2D eigenvalue weighted by molar-refractivity contribution is -0.165. The molecule has 1 rings (SSSR count). The molecule has 0 saturated heterocycles. The van der Waals surface area contributed by atoms with Gasteiger partial charge < -0.3 is 0 Å². The average Bonchev–Trinajstić information content (AvgIpc) is 2.42. The van der Waals surface area contributed by atoms with Crippen LogP contribution in [0.1, 0.15) is 11.1 Å². The summed E-state index contributed by atoms with van der Waals surface area (Å²) in [6.07, 6.45) is -11.4. The lowest BCUT2D eigenvalue weighted by atomic mass is 10.1. The van der Waals surface area contributed by atoms with Crippen molar-refractivity contribution in [3.05, 3.63) is 35.4 Å². The zero-order valence-corrected chi connectivity index (χ0v) is 13.9. The zero-order valence-electron chi connectivity index (χ0n) is 13.0. The first kappa shape index (κ1) is 21.7. The second kappa shape index (κ2) is 8.33. The van der Waals surface area contributed by atoms with Crippen molar-refractivity contribution in [2.75, 3.05) is 19.4 Å². The molecule has 0 aliphatic rings. The first-order chi connectivity index (χ1) is 11.3. The van der Waals surface area contributed by atoms with Crippen LogP contribution >= 0.6 is 7.60 Å². The van der Waals surface area contributed by atoms with Gasteiger partial charge >= 0.3 is 19.9 Å². The van der Waals surface area contributed by atoms with Crippen LogP contribution in [0.5, 0.6) is 0 Å². The predicted octanol–water partition coefficient (Wildman–Crippen LogP) is 4.46. The summed E-state index contributed by atoms with van der Waals surface area (Å²) in [4.78, 5) is 11.9. The van der Waals surface area contributed by atoms with Crippen LogP contribution in [0, 0.1) is 6.92 Å². The summed E-state index contributed by atoms with van der Waals surface area (Å²) in [6, 6.07) is 6.51. The van der Waals surface area contributed by atoms with Crippen molar-refractivity contribution in [2.45, 2.75) is 25.7 Å². The molecule has 0 saturated carbocycles. The van der Waals surface area contributed by atoms with E-state index in [0.29, 0.717) is 5.56 Å². The van der Waals surface area contributed by atoms with E-state index in [1.165, 1.54) is 0 Å². The SMILES string of the molecule is Cc1cccc(CC(=O)CP(=O)(OCC(F)(F)F)OCC(F)(F)F)c1. The fourth-order valence-corrected chi connectivity index (χ4v) is 3.28. The molecule has 1 aromatic rings. The van der Waals surface area contributed by atoms with Crippen molar-refractivity contribution in [1.29, 1.82) is 0 Å². The van der Waals surface area contributed by atoms with E-state index in [-0.39, 0.29) is 6.42 Å². The highest BCUT2D eigenvalue weighted by Gasteiger charge is 2.39. The van der Waals surface area contributed by atoms with Gasteiger partial charge in [0.05, 0.1) is 0 Å². The van der Waals surface area contributed by atoms with Gasteiger partial charge in [-0.15, -0.1) is 0 Å². The normalized spacial score (nSPS) is 13.1. The molecule has 142 valence electrons. The maximum absolute atomic E-state index is 12.2. The third-order valence-corrected chi connectivity index (χ3v) is 4.49. The van der Waals surface area contributed by atoms with Gasteiger partial charge in [-0.25, -0.2) is 0 Å². The third kappa shape index (κ3) is 9.62. The van der Waals surface area contributed by atoms with Crippen LogP contribution < -0.4 is 0 Å². The largest absolute Gasteiger partial charge is 0.412 e. The summed E-state index contributed by atoms with van der Waals surface area (Å²) >= 11 is 0. The van der Waals surface area contributed by atoms with Crippen molar-refractivity contribution >= 4 is 13.4 Å². The number of rotatable bonds is 8. The summed E-state index contributed by atoms with van der Waals surface area (Å²) in [7, 11) is -4.91. The Labute approximate surface area is 139 Å². The molecule has 0 aliphatic carbocycles. The standard InChI is InChI=1S/C14H15F6O4P/c1-10-3-2-4-11(5-10)6-12(21)7-25(22,23-8-13(15,16)17)24-9-14(18,19)20/h2-5H,6-9H2,1H3. The fraction of sp³-hybridized carbons (Fsp3) is 0.500. The molecule has 4 nitrogen and oxygen atoms in total. The Morgan fingerprint density at radius 1 is 1.04 bits per heavy atom. The van der Waals surface area contributed by atoms with Crippen molar-refractivity contribution in [3.8, 4) is 0 Å². The van der Waals surface area contributed by atoms with Gasteiger partial charge in [0.15, 0.2) is 13.2 Å². The molecule has 11 heteroatoms. The van der Waals surface area contributed by atoms with Gasteiger partial charge in [0.2, 0.25) is 0 Å². The van der Waals surface area contributed by atoms with Crippen LogP contribution in [0.4, 0.5) is 26.3 Å². The molecule has 0 heterocycles. The maximum atomic E-state index is 12.2. The minimum absolute atomic E-state index is 0.323. The molecule has 0 spiro atoms. The smallest absolute Gasteiger partial charge is 0.299 e. The monoisotopic (exact) mass is 392 g/mol. The van der Waals surface area contributed by atoms with E-state index in [1.807, 2.05) is 0 Å². The molecule has 0 radical (unpaired) electrons. The van der Waals surface area contributed by atoms with Gasteiger partial charge in [-0.2, -0.15) is 26.3 Å². The van der Waals surface area contributed by atoms with Crippen molar-refractivity contribution in [1.82, 2.24) is 0 Å². The fourth-order valence-electron chi connectivity index (χ4n) is 1.79. The Hall–Kier alpha value is -1.38. The van der Waals surface area contributed by atoms with Crippen LogP contribution in [0.15, 0.2) is 24.3 Å². The Balaban J connectivity index is 2.80. The van der Waals surface area contributed by atoms with Crippen molar-refractivity contribution < 1.29 is 44.7 Å². The molecule has 0 aromatic heterocycles. The zero-order chi connectivity index (χ0) is 19.3. The number of hydrogen-bond donors (Lipinski definition) is 0. The lowest BCUT2D eigenvalue weighted by Gasteiger charge is -2.19. The van der Waals surface area contributed by atoms with Crippen LogP contribution in [0.25, 0.3) is 0 Å². The molecule has 0 fully saturated rings. The number of halogens is 6. The third-order valence-electron chi connectivity index (χ3n) is 2.70. The van der Waals surface area contributed by atoms with Crippen molar-refractivity contribution in [3.63, 3.8) is 0 Å². The number of alkyl halides is 6. The number of carbonyl (C=O) groups excluding carboxylic acids is 1. The minimum atomic E-state index is -4.93. The van der Waals surface area contributed by atoms with Crippen molar-refractivity contribution in [2.24, 2.45) is 0 Å². The van der Waals surface area contributed by atoms with E-state index in [1.54, 1.807) is 31.2 Å². The molecule has 0 aliphatic heterocycles. The Bertz CT molecular complexity index is 619. The first-order valence-corrected chi connectivity index (χ1v) is 8.60. The van der Waals surface area contributed by atoms with E-state index in [4.69, 9.17) is 0 Å². The average molecular weight is 392 g/mol. The van der Waals surface area contributed by atoms with E-state index >= 15 is 0 Å². The second-order valence-corrected chi connectivity index (χ2v) is 7.31. The van der Waals surface area contributed by atoms with E-state index in [2.05, 4.69) is 9.05 Å². The molecular formula is C14H15F6O4P. The summed E-state index contributed by atoms with van der Waals surface area (Å²) in [5, 5.41) is 0. The molecule has 0 N–H and O–H groups in total. The number of hydrogen-bond acceptors (Lipinski definition) is 4. The lowest BCUT2D eigenvalue weighted by Crippen LogP contribution is -2.22. The number of ketones is 1. The van der Waals surface area contributed by atoms with E-state index < -0.39 is 45.1 Å². The highest BCUT2D eigenvalue weighted by Crippen LogP contribution is 2.50. The summed E-state index contributed by atoms with van der Waals surface area (Å²) < 4.78 is 93.2. The van der Waals surface area contributed by atoms with Gasteiger partial charge in [-0.05, 0) is 12.5 Å². The number of Topliss-reactive ketones (excluding diaryl/α,β-unsaturated/α-hetero) is 1.